The van der Waals surface area contributed by atoms with E-state index in [-0.39, 0.29) is 5.92 Å². The summed E-state index contributed by atoms with van der Waals surface area (Å²) in [6, 6.07) is -0.889. The van der Waals surface area contributed by atoms with Crippen molar-refractivity contribution in [3.05, 3.63) is 0 Å². The highest BCUT2D eigenvalue weighted by Crippen LogP contribution is 2.16. The van der Waals surface area contributed by atoms with Crippen LogP contribution in [0.2, 0.25) is 0 Å². The van der Waals surface area contributed by atoms with E-state index in [1.54, 1.807) is 20.8 Å². The molecule has 1 saturated heterocycles. The van der Waals surface area contributed by atoms with Gasteiger partial charge in [0.25, 0.3) is 0 Å². The summed E-state index contributed by atoms with van der Waals surface area (Å²) in [7, 11) is 0. The first-order valence-corrected chi connectivity index (χ1v) is 6.71. The van der Waals surface area contributed by atoms with Crippen molar-refractivity contribution in [2.24, 2.45) is 5.92 Å². The number of ether oxygens (including phenoxy) is 1. The molecule has 0 aromatic heterocycles. The first-order valence-electron chi connectivity index (χ1n) is 6.71. The van der Waals surface area contributed by atoms with E-state index in [9.17, 15) is 9.59 Å². The number of hydrogen-bond acceptors (Lipinski definition) is 4. The van der Waals surface area contributed by atoms with Gasteiger partial charge in [0, 0.05) is 0 Å². The minimum atomic E-state index is -1.02. The Labute approximate surface area is 113 Å². The normalized spacial score (nSPS) is 21.5. The fourth-order valence-corrected chi connectivity index (χ4v) is 2.13. The number of nitrogens with one attached hydrogen (secondary N) is 2. The Balaban J connectivity index is 2.48. The number of carbonyl (C=O) groups excluding carboxylic acids is 1. The number of amides is 1. The Hall–Kier alpha value is -1.30. The maximum atomic E-state index is 11.6. The van der Waals surface area contributed by atoms with Crippen LogP contribution in [-0.4, -0.2) is 41.9 Å². The van der Waals surface area contributed by atoms with Crippen molar-refractivity contribution >= 4 is 12.1 Å². The largest absolute Gasteiger partial charge is 0.480 e. The standard InChI is InChI=1S/C13H24N2O4/c1-13(2,3)19-12(18)15-10(11(16)17)7-9-5-4-6-14-8-9/h9-10,14H,4-8H2,1-3H3,(H,15,18)(H,16,17)/t9-,10-/m1/s1. The zero-order valence-corrected chi connectivity index (χ0v) is 11.9. The Morgan fingerprint density at radius 3 is 2.63 bits per heavy atom. The van der Waals surface area contributed by atoms with Gasteiger partial charge in [0.1, 0.15) is 11.6 Å². The van der Waals surface area contributed by atoms with Crippen LogP contribution in [-0.2, 0) is 9.53 Å². The highest BCUT2D eigenvalue weighted by atomic mass is 16.6. The molecule has 1 heterocycles. The lowest BCUT2D eigenvalue weighted by Crippen LogP contribution is -2.45. The molecule has 1 amide bonds. The SMILES string of the molecule is CC(C)(C)OC(=O)N[C@H](C[C@H]1CCCNC1)C(=O)O. The molecule has 1 rings (SSSR count). The number of carboxylic acids is 1. The predicted octanol–water partition coefficient (Wildman–Crippen LogP) is 1.35. The summed E-state index contributed by atoms with van der Waals surface area (Å²) in [5.74, 6) is -0.735. The summed E-state index contributed by atoms with van der Waals surface area (Å²) in [5.41, 5.74) is -0.625. The van der Waals surface area contributed by atoms with Crippen LogP contribution in [0.5, 0.6) is 0 Å². The molecule has 0 saturated carbocycles. The zero-order valence-electron chi connectivity index (χ0n) is 11.9. The lowest BCUT2D eigenvalue weighted by molar-refractivity contribution is -0.140. The molecular weight excluding hydrogens is 248 g/mol. The number of carboxylic acid groups (broad SMARTS) is 1. The summed E-state index contributed by atoms with van der Waals surface area (Å²) in [6.45, 7) is 7.02. The molecule has 1 aliphatic rings. The molecule has 19 heavy (non-hydrogen) atoms. The minimum absolute atomic E-state index is 0.282. The van der Waals surface area contributed by atoms with Crippen molar-refractivity contribution < 1.29 is 19.4 Å². The molecule has 0 radical (unpaired) electrons. The van der Waals surface area contributed by atoms with E-state index >= 15 is 0 Å². The Morgan fingerprint density at radius 2 is 2.16 bits per heavy atom. The molecule has 1 aliphatic heterocycles. The van der Waals surface area contributed by atoms with Gasteiger partial charge in [-0.25, -0.2) is 9.59 Å². The molecule has 0 unspecified atom stereocenters. The van der Waals surface area contributed by atoms with Crippen LogP contribution in [0.1, 0.15) is 40.0 Å². The third-order valence-electron chi connectivity index (χ3n) is 2.96. The van der Waals surface area contributed by atoms with Crippen LogP contribution >= 0.6 is 0 Å². The quantitative estimate of drug-likeness (QED) is 0.719. The van der Waals surface area contributed by atoms with Gasteiger partial charge in [0.05, 0.1) is 0 Å². The first-order chi connectivity index (χ1) is 8.78. The maximum absolute atomic E-state index is 11.6. The molecule has 0 aromatic rings. The third-order valence-corrected chi connectivity index (χ3v) is 2.96. The summed E-state index contributed by atoms with van der Waals surface area (Å²) in [4.78, 5) is 22.8. The molecule has 0 aliphatic carbocycles. The highest BCUT2D eigenvalue weighted by molar-refractivity contribution is 5.80. The van der Waals surface area contributed by atoms with Gasteiger partial charge in [0.2, 0.25) is 0 Å². The molecule has 110 valence electrons. The zero-order chi connectivity index (χ0) is 14.5. The second kappa shape index (κ2) is 6.75. The number of alkyl carbamates (subject to hydrolysis) is 1. The van der Waals surface area contributed by atoms with Crippen LogP contribution in [0.15, 0.2) is 0 Å². The Morgan fingerprint density at radius 1 is 1.47 bits per heavy atom. The van der Waals surface area contributed by atoms with Crippen LogP contribution in [0.4, 0.5) is 4.79 Å². The molecular formula is C13H24N2O4. The van der Waals surface area contributed by atoms with Crippen molar-refractivity contribution in [2.45, 2.75) is 51.7 Å². The smallest absolute Gasteiger partial charge is 0.408 e. The second-order valence-electron chi connectivity index (χ2n) is 5.99. The van der Waals surface area contributed by atoms with E-state index in [0.29, 0.717) is 6.42 Å². The minimum Gasteiger partial charge on any atom is -0.480 e. The van der Waals surface area contributed by atoms with Gasteiger partial charge in [-0.3, -0.25) is 0 Å². The van der Waals surface area contributed by atoms with Gasteiger partial charge in [-0.15, -0.1) is 0 Å². The fraction of sp³-hybridized carbons (Fsp3) is 0.846. The fourth-order valence-electron chi connectivity index (χ4n) is 2.13. The van der Waals surface area contributed by atoms with Crippen LogP contribution in [0.3, 0.4) is 0 Å². The number of hydrogen-bond donors (Lipinski definition) is 3. The van der Waals surface area contributed by atoms with Gasteiger partial charge >= 0.3 is 12.1 Å². The van der Waals surface area contributed by atoms with Gasteiger partial charge in [-0.2, -0.15) is 0 Å². The predicted molar refractivity (Wildman–Crippen MR) is 71.0 cm³/mol. The van der Waals surface area contributed by atoms with Crippen molar-refractivity contribution in [3.63, 3.8) is 0 Å². The summed E-state index contributed by atoms with van der Waals surface area (Å²) in [6.07, 6.45) is 1.79. The average Bonchev–Trinajstić information content (AvgIpc) is 2.26. The van der Waals surface area contributed by atoms with Gasteiger partial charge < -0.3 is 20.5 Å². The van der Waals surface area contributed by atoms with Gasteiger partial charge in [-0.05, 0) is 59.0 Å². The topological polar surface area (TPSA) is 87.7 Å². The van der Waals surface area contributed by atoms with E-state index in [4.69, 9.17) is 9.84 Å². The molecule has 0 bridgehead atoms. The molecule has 0 aromatic carbocycles. The van der Waals surface area contributed by atoms with Crippen molar-refractivity contribution in [1.29, 1.82) is 0 Å². The summed E-state index contributed by atoms with van der Waals surface area (Å²) >= 11 is 0. The molecule has 3 N–H and O–H groups in total. The van der Waals surface area contributed by atoms with Gasteiger partial charge in [0.15, 0.2) is 0 Å². The van der Waals surface area contributed by atoms with Gasteiger partial charge in [-0.1, -0.05) is 0 Å². The van der Waals surface area contributed by atoms with E-state index in [1.807, 2.05) is 0 Å². The van der Waals surface area contributed by atoms with Crippen molar-refractivity contribution in [2.75, 3.05) is 13.1 Å². The molecule has 2 atom stereocenters. The summed E-state index contributed by atoms with van der Waals surface area (Å²) < 4.78 is 5.08. The average molecular weight is 272 g/mol. The van der Waals surface area contributed by atoms with E-state index in [1.165, 1.54) is 0 Å². The van der Waals surface area contributed by atoms with Crippen LogP contribution < -0.4 is 10.6 Å². The number of aliphatic carboxylic acids is 1. The van der Waals surface area contributed by atoms with Crippen molar-refractivity contribution in [1.82, 2.24) is 10.6 Å². The van der Waals surface area contributed by atoms with Crippen molar-refractivity contribution in [3.8, 4) is 0 Å². The van der Waals surface area contributed by atoms with E-state index < -0.39 is 23.7 Å². The lowest BCUT2D eigenvalue weighted by Gasteiger charge is -2.27. The maximum Gasteiger partial charge on any atom is 0.408 e. The lowest BCUT2D eigenvalue weighted by atomic mass is 9.92. The molecule has 1 fully saturated rings. The highest BCUT2D eigenvalue weighted by Gasteiger charge is 2.27. The van der Waals surface area contributed by atoms with E-state index in [2.05, 4.69) is 10.6 Å². The molecule has 0 spiro atoms. The third kappa shape index (κ3) is 6.42. The number of piperidine rings is 1. The van der Waals surface area contributed by atoms with Crippen LogP contribution in [0, 0.1) is 5.92 Å². The molecule has 6 nitrogen and oxygen atoms in total. The summed E-state index contributed by atoms with van der Waals surface area (Å²) in [5, 5.41) is 14.8. The van der Waals surface area contributed by atoms with E-state index in [0.717, 1.165) is 25.9 Å². The second-order valence-corrected chi connectivity index (χ2v) is 5.99. The Bertz CT molecular complexity index is 319. The number of rotatable bonds is 4. The Kier molecular flexibility index (Phi) is 5.60. The number of carbonyl (C=O) groups is 2. The molecule has 6 heteroatoms. The van der Waals surface area contributed by atoms with Crippen LogP contribution in [0.25, 0.3) is 0 Å². The monoisotopic (exact) mass is 272 g/mol. The first kappa shape index (κ1) is 15.8.